The van der Waals surface area contributed by atoms with Crippen molar-refractivity contribution >= 4 is 11.8 Å². The molecule has 1 atom stereocenters. The van der Waals surface area contributed by atoms with E-state index in [1.54, 1.807) is 0 Å². The van der Waals surface area contributed by atoms with E-state index >= 15 is 0 Å². The van der Waals surface area contributed by atoms with E-state index in [2.05, 4.69) is 46.5 Å². The third kappa shape index (κ3) is 7.48. The van der Waals surface area contributed by atoms with Crippen LogP contribution in [-0.4, -0.2) is 63.0 Å². The molecular weight excluding hydrogens is 366 g/mol. The summed E-state index contributed by atoms with van der Waals surface area (Å²) in [5, 5.41) is 6.68. The lowest BCUT2D eigenvalue weighted by Crippen LogP contribution is -2.38. The number of ether oxygens (including phenoxy) is 2. The second-order valence-corrected chi connectivity index (χ2v) is 8.03. The summed E-state index contributed by atoms with van der Waals surface area (Å²) >= 11 is 0. The predicted molar refractivity (Wildman–Crippen MR) is 117 cm³/mol. The Morgan fingerprint density at radius 2 is 2.14 bits per heavy atom. The Hall–Kier alpha value is -1.86. The van der Waals surface area contributed by atoms with Gasteiger partial charge in [-0.3, -0.25) is 0 Å². The Morgan fingerprint density at radius 1 is 1.28 bits per heavy atom. The van der Waals surface area contributed by atoms with E-state index in [1.165, 1.54) is 12.8 Å². The summed E-state index contributed by atoms with van der Waals surface area (Å²) in [6, 6.07) is 4.27. The Balaban J connectivity index is 1.40. The van der Waals surface area contributed by atoms with E-state index in [4.69, 9.17) is 14.5 Å². The van der Waals surface area contributed by atoms with E-state index in [-0.39, 0.29) is 6.10 Å². The Morgan fingerprint density at radius 3 is 2.83 bits per heavy atom. The average Bonchev–Trinajstić information content (AvgIpc) is 3.26. The molecule has 0 bridgehead atoms. The summed E-state index contributed by atoms with van der Waals surface area (Å²) in [6.45, 7) is 11.2. The molecule has 1 aromatic rings. The second kappa shape index (κ2) is 12.0. The van der Waals surface area contributed by atoms with Crippen molar-refractivity contribution in [2.75, 3.05) is 50.9 Å². The molecular formula is C22H37N5O2. The van der Waals surface area contributed by atoms with Gasteiger partial charge in [0.2, 0.25) is 0 Å². The molecule has 1 aromatic heterocycles. The molecule has 0 amide bonds. The summed E-state index contributed by atoms with van der Waals surface area (Å²) in [5.41, 5.74) is 1.13. The van der Waals surface area contributed by atoms with Gasteiger partial charge >= 0.3 is 0 Å². The van der Waals surface area contributed by atoms with Gasteiger partial charge in [0.15, 0.2) is 5.96 Å². The standard InChI is InChI=1S/C22H37N5O2/c1-3-23-22(24-10-4-13-29-20-9-14-28-17-20)26-16-19-5-6-21(25-15-19)27-11-7-18(2)8-12-27/h5-6,15,18,20H,3-4,7-14,16-17H2,1-2H3,(H2,23,24,26). The second-order valence-electron chi connectivity index (χ2n) is 8.03. The van der Waals surface area contributed by atoms with Crippen LogP contribution < -0.4 is 15.5 Å². The zero-order valence-corrected chi connectivity index (χ0v) is 18.0. The molecule has 3 heterocycles. The van der Waals surface area contributed by atoms with Gasteiger partial charge in [0.05, 0.1) is 19.3 Å². The third-order valence-corrected chi connectivity index (χ3v) is 5.54. The average molecular weight is 404 g/mol. The lowest BCUT2D eigenvalue weighted by molar-refractivity contribution is 0.0420. The molecule has 0 radical (unpaired) electrons. The minimum absolute atomic E-state index is 0.278. The van der Waals surface area contributed by atoms with Crippen LogP contribution in [0.5, 0.6) is 0 Å². The van der Waals surface area contributed by atoms with Gasteiger partial charge in [0.25, 0.3) is 0 Å². The quantitative estimate of drug-likeness (QED) is 0.375. The summed E-state index contributed by atoms with van der Waals surface area (Å²) in [6.07, 6.45) is 6.71. The number of piperidine rings is 1. The van der Waals surface area contributed by atoms with Crippen molar-refractivity contribution in [3.63, 3.8) is 0 Å². The number of nitrogens with zero attached hydrogens (tertiary/aromatic N) is 3. The number of rotatable bonds is 9. The Kier molecular flexibility index (Phi) is 9.02. The van der Waals surface area contributed by atoms with Crippen molar-refractivity contribution in [3.8, 4) is 0 Å². The number of guanidine groups is 1. The maximum atomic E-state index is 5.80. The number of aliphatic imine (C=N–C) groups is 1. The predicted octanol–water partition coefficient (Wildman–Crippen LogP) is 2.57. The van der Waals surface area contributed by atoms with Gasteiger partial charge in [-0.1, -0.05) is 13.0 Å². The molecule has 2 N–H and O–H groups in total. The van der Waals surface area contributed by atoms with Gasteiger partial charge in [0, 0.05) is 45.6 Å². The molecule has 29 heavy (non-hydrogen) atoms. The Labute approximate surface area is 175 Å². The first-order chi connectivity index (χ1) is 14.2. The van der Waals surface area contributed by atoms with Crippen LogP contribution in [0.3, 0.4) is 0 Å². The number of hydrogen-bond acceptors (Lipinski definition) is 5. The van der Waals surface area contributed by atoms with E-state index in [1.807, 2.05) is 6.20 Å². The maximum Gasteiger partial charge on any atom is 0.191 e. The first-order valence-corrected chi connectivity index (χ1v) is 11.2. The lowest BCUT2D eigenvalue weighted by atomic mass is 9.99. The molecule has 2 saturated heterocycles. The van der Waals surface area contributed by atoms with E-state index in [0.29, 0.717) is 6.54 Å². The molecule has 2 fully saturated rings. The first-order valence-electron chi connectivity index (χ1n) is 11.2. The van der Waals surface area contributed by atoms with Crippen LogP contribution in [0.25, 0.3) is 0 Å². The zero-order chi connectivity index (χ0) is 20.3. The molecule has 2 aliphatic rings. The van der Waals surface area contributed by atoms with Crippen LogP contribution >= 0.6 is 0 Å². The van der Waals surface area contributed by atoms with Gasteiger partial charge in [-0.25, -0.2) is 9.98 Å². The van der Waals surface area contributed by atoms with Crippen LogP contribution in [0, 0.1) is 5.92 Å². The fourth-order valence-electron chi connectivity index (χ4n) is 3.62. The van der Waals surface area contributed by atoms with Crippen LogP contribution in [0.15, 0.2) is 23.3 Å². The minimum Gasteiger partial charge on any atom is -0.379 e. The molecule has 7 nitrogen and oxygen atoms in total. The number of anilines is 1. The maximum absolute atomic E-state index is 5.80. The van der Waals surface area contributed by atoms with Crippen LogP contribution in [-0.2, 0) is 16.0 Å². The van der Waals surface area contributed by atoms with Crippen molar-refractivity contribution in [2.45, 2.75) is 52.2 Å². The largest absolute Gasteiger partial charge is 0.379 e. The van der Waals surface area contributed by atoms with Crippen LogP contribution in [0.1, 0.15) is 45.1 Å². The topological polar surface area (TPSA) is 71.0 Å². The van der Waals surface area contributed by atoms with Crippen molar-refractivity contribution < 1.29 is 9.47 Å². The van der Waals surface area contributed by atoms with E-state index in [0.717, 1.165) is 82.1 Å². The summed E-state index contributed by atoms with van der Waals surface area (Å²) in [5.74, 6) is 2.76. The lowest BCUT2D eigenvalue weighted by Gasteiger charge is -2.31. The molecule has 7 heteroatoms. The molecule has 0 saturated carbocycles. The highest BCUT2D eigenvalue weighted by Crippen LogP contribution is 2.21. The SMILES string of the molecule is CCNC(=NCc1ccc(N2CCC(C)CC2)nc1)NCCCOC1CCOC1. The molecule has 2 aliphatic heterocycles. The fourth-order valence-corrected chi connectivity index (χ4v) is 3.62. The van der Waals surface area contributed by atoms with E-state index in [9.17, 15) is 0 Å². The van der Waals surface area contributed by atoms with E-state index < -0.39 is 0 Å². The van der Waals surface area contributed by atoms with Gasteiger partial charge in [-0.15, -0.1) is 0 Å². The highest BCUT2D eigenvalue weighted by molar-refractivity contribution is 5.79. The van der Waals surface area contributed by atoms with Crippen molar-refractivity contribution in [1.29, 1.82) is 0 Å². The summed E-state index contributed by atoms with van der Waals surface area (Å²) < 4.78 is 11.1. The van der Waals surface area contributed by atoms with Crippen molar-refractivity contribution in [3.05, 3.63) is 23.9 Å². The number of nitrogens with one attached hydrogen (secondary N) is 2. The first kappa shape index (κ1) is 21.8. The number of aromatic nitrogens is 1. The van der Waals surface area contributed by atoms with Crippen molar-refractivity contribution in [1.82, 2.24) is 15.6 Å². The van der Waals surface area contributed by atoms with Gasteiger partial charge < -0.3 is 25.0 Å². The third-order valence-electron chi connectivity index (χ3n) is 5.54. The van der Waals surface area contributed by atoms with Crippen molar-refractivity contribution in [2.24, 2.45) is 10.9 Å². The minimum atomic E-state index is 0.278. The van der Waals surface area contributed by atoms with Crippen LogP contribution in [0.4, 0.5) is 5.82 Å². The van der Waals surface area contributed by atoms with Gasteiger partial charge in [-0.2, -0.15) is 0 Å². The highest BCUT2D eigenvalue weighted by Gasteiger charge is 2.17. The summed E-state index contributed by atoms with van der Waals surface area (Å²) in [4.78, 5) is 11.7. The molecule has 162 valence electrons. The number of hydrogen-bond donors (Lipinski definition) is 2. The number of pyridine rings is 1. The molecule has 0 spiro atoms. The molecule has 0 aromatic carbocycles. The van der Waals surface area contributed by atoms with Gasteiger partial charge in [-0.05, 0) is 50.2 Å². The normalized spacial score (nSPS) is 20.8. The van der Waals surface area contributed by atoms with Gasteiger partial charge in [0.1, 0.15) is 5.82 Å². The van der Waals surface area contributed by atoms with Crippen LogP contribution in [0.2, 0.25) is 0 Å². The molecule has 1 unspecified atom stereocenters. The fraction of sp³-hybridized carbons (Fsp3) is 0.727. The monoisotopic (exact) mass is 403 g/mol. The highest BCUT2D eigenvalue weighted by atomic mass is 16.5. The smallest absolute Gasteiger partial charge is 0.191 e. The molecule has 3 rings (SSSR count). The zero-order valence-electron chi connectivity index (χ0n) is 18.0. The molecule has 0 aliphatic carbocycles. The Bertz CT molecular complexity index is 608. The summed E-state index contributed by atoms with van der Waals surface area (Å²) in [7, 11) is 0.